The number of morpholine rings is 1. The van der Waals surface area contributed by atoms with Crippen molar-refractivity contribution in [3.63, 3.8) is 0 Å². The van der Waals surface area contributed by atoms with Crippen LogP contribution >= 0.6 is 0 Å². The lowest BCUT2D eigenvalue weighted by molar-refractivity contribution is -0.126. The number of rotatable bonds is 4. The summed E-state index contributed by atoms with van der Waals surface area (Å²) in [5.41, 5.74) is 0.502. The van der Waals surface area contributed by atoms with Crippen molar-refractivity contribution < 1.29 is 9.53 Å². The highest BCUT2D eigenvalue weighted by Gasteiger charge is 2.35. The van der Waals surface area contributed by atoms with E-state index in [1.807, 2.05) is 18.2 Å². The molecule has 5 nitrogen and oxygen atoms in total. The Balaban J connectivity index is 1.64. The molecule has 1 unspecified atom stereocenters. The van der Waals surface area contributed by atoms with Crippen LogP contribution in [0.25, 0.3) is 0 Å². The van der Waals surface area contributed by atoms with E-state index in [2.05, 4.69) is 28.4 Å². The van der Waals surface area contributed by atoms with Gasteiger partial charge in [0.05, 0.1) is 31.9 Å². The van der Waals surface area contributed by atoms with Gasteiger partial charge in [-0.25, -0.2) is 0 Å². The third kappa shape index (κ3) is 3.95. The summed E-state index contributed by atoms with van der Waals surface area (Å²) < 4.78 is 5.61. The summed E-state index contributed by atoms with van der Waals surface area (Å²) in [6.45, 7) is 2.28. The van der Waals surface area contributed by atoms with Crippen molar-refractivity contribution >= 4 is 5.91 Å². The molecular weight excluding hydrogens is 302 g/mol. The first-order chi connectivity index (χ1) is 11.7. The van der Waals surface area contributed by atoms with Crippen LogP contribution in [-0.4, -0.2) is 42.6 Å². The molecule has 1 aromatic rings. The number of carbonyl (C=O) groups excluding carboxylic acids is 1. The summed E-state index contributed by atoms with van der Waals surface area (Å²) in [5.74, 6) is -0.0544. The molecule has 1 atom stereocenters. The highest BCUT2D eigenvalue weighted by atomic mass is 16.5. The van der Waals surface area contributed by atoms with Gasteiger partial charge in [-0.2, -0.15) is 5.26 Å². The number of ether oxygens (including phenoxy) is 1. The first-order valence-corrected chi connectivity index (χ1v) is 8.81. The first-order valence-electron chi connectivity index (χ1n) is 8.81. The molecule has 1 saturated heterocycles. The van der Waals surface area contributed by atoms with Crippen molar-refractivity contribution in [3.8, 4) is 6.07 Å². The summed E-state index contributed by atoms with van der Waals surface area (Å²) in [6.07, 6.45) is 4.70. The Morgan fingerprint density at radius 2 is 2.04 bits per heavy atom. The number of nitrogens with zero attached hydrogens (tertiary/aromatic N) is 2. The molecule has 0 radical (unpaired) electrons. The Kier molecular flexibility index (Phi) is 5.49. The maximum Gasteiger partial charge on any atom is 0.235 e. The van der Waals surface area contributed by atoms with E-state index in [0.717, 1.165) is 44.2 Å². The number of nitrogens with one attached hydrogen (secondary N) is 1. The molecule has 1 aliphatic heterocycles. The molecule has 128 valence electrons. The first kappa shape index (κ1) is 16.9. The molecule has 2 fully saturated rings. The Morgan fingerprint density at radius 1 is 1.29 bits per heavy atom. The molecule has 1 amide bonds. The fraction of sp³-hybridized carbons (Fsp3) is 0.579. The summed E-state index contributed by atoms with van der Waals surface area (Å²) >= 11 is 0. The van der Waals surface area contributed by atoms with Crippen LogP contribution in [0, 0.1) is 11.3 Å². The van der Waals surface area contributed by atoms with Crippen LogP contribution < -0.4 is 5.32 Å². The molecule has 5 heteroatoms. The van der Waals surface area contributed by atoms with Gasteiger partial charge in [0, 0.05) is 6.54 Å². The van der Waals surface area contributed by atoms with Gasteiger partial charge in [-0.15, -0.1) is 0 Å². The van der Waals surface area contributed by atoms with Crippen LogP contribution in [0.5, 0.6) is 0 Å². The molecule has 0 aromatic heterocycles. The average molecular weight is 327 g/mol. The van der Waals surface area contributed by atoms with Crippen molar-refractivity contribution in [2.75, 3.05) is 26.3 Å². The van der Waals surface area contributed by atoms with Crippen LogP contribution in [-0.2, 0) is 9.53 Å². The second-order valence-electron chi connectivity index (χ2n) is 6.77. The fourth-order valence-electron chi connectivity index (χ4n) is 3.72. The number of hydrogen-bond donors (Lipinski definition) is 1. The number of carbonyl (C=O) groups is 1. The average Bonchev–Trinajstić information content (AvgIpc) is 2.63. The van der Waals surface area contributed by atoms with E-state index in [9.17, 15) is 10.1 Å². The van der Waals surface area contributed by atoms with Gasteiger partial charge in [0.1, 0.15) is 5.54 Å². The van der Waals surface area contributed by atoms with Crippen molar-refractivity contribution in [1.82, 2.24) is 10.2 Å². The number of benzene rings is 1. The highest BCUT2D eigenvalue weighted by Crippen LogP contribution is 2.28. The summed E-state index contributed by atoms with van der Waals surface area (Å²) in [7, 11) is 0. The normalized spacial score (nSPS) is 24.0. The van der Waals surface area contributed by atoms with E-state index in [1.165, 1.54) is 0 Å². The van der Waals surface area contributed by atoms with Crippen molar-refractivity contribution in [1.29, 1.82) is 5.26 Å². The van der Waals surface area contributed by atoms with E-state index in [4.69, 9.17) is 4.74 Å². The van der Waals surface area contributed by atoms with Crippen molar-refractivity contribution in [2.45, 2.75) is 43.7 Å². The van der Waals surface area contributed by atoms with Crippen molar-refractivity contribution in [3.05, 3.63) is 35.9 Å². The Hall–Kier alpha value is -1.90. The van der Waals surface area contributed by atoms with Crippen LogP contribution in [0.1, 0.15) is 43.7 Å². The number of hydrogen-bond acceptors (Lipinski definition) is 4. The molecule has 1 N–H and O–H groups in total. The van der Waals surface area contributed by atoms with E-state index < -0.39 is 5.54 Å². The maximum absolute atomic E-state index is 12.6. The third-order valence-electron chi connectivity index (χ3n) is 5.07. The van der Waals surface area contributed by atoms with Crippen molar-refractivity contribution in [2.24, 2.45) is 0 Å². The zero-order valence-electron chi connectivity index (χ0n) is 14.0. The zero-order valence-corrected chi connectivity index (χ0v) is 14.0. The predicted molar refractivity (Wildman–Crippen MR) is 91.1 cm³/mol. The lowest BCUT2D eigenvalue weighted by Crippen LogP contribution is -2.53. The lowest BCUT2D eigenvalue weighted by Gasteiger charge is -2.37. The molecule has 3 rings (SSSR count). The SMILES string of the molecule is N#CC1(NC(=O)CN2CCOCC2c2ccccc2)CCCCC1. The standard InChI is InChI=1S/C19H25N3O2/c20-15-19(9-5-2-6-10-19)21-18(23)13-22-11-12-24-14-17(22)16-7-3-1-4-8-16/h1,3-4,7-8,17H,2,5-6,9-14H2,(H,21,23). The van der Waals surface area contributed by atoms with Crippen LogP contribution in [0.3, 0.4) is 0 Å². The van der Waals surface area contributed by atoms with E-state index in [-0.39, 0.29) is 11.9 Å². The predicted octanol–water partition coefficient (Wildman–Crippen LogP) is 2.40. The zero-order chi connectivity index (χ0) is 16.8. The number of nitriles is 1. The Bertz CT molecular complexity index is 590. The fourth-order valence-corrected chi connectivity index (χ4v) is 3.72. The minimum absolute atomic E-state index is 0.0544. The molecule has 2 aliphatic rings. The maximum atomic E-state index is 12.6. The molecule has 0 bridgehead atoms. The lowest BCUT2D eigenvalue weighted by atomic mass is 9.83. The third-order valence-corrected chi connectivity index (χ3v) is 5.07. The summed E-state index contributed by atoms with van der Waals surface area (Å²) in [6, 6.07) is 12.6. The van der Waals surface area contributed by atoms with Crippen LogP contribution in [0.15, 0.2) is 30.3 Å². The molecule has 0 spiro atoms. The monoisotopic (exact) mass is 327 g/mol. The van der Waals surface area contributed by atoms with Gasteiger partial charge in [-0.05, 0) is 18.4 Å². The molecule has 1 aromatic carbocycles. The molecule has 24 heavy (non-hydrogen) atoms. The highest BCUT2D eigenvalue weighted by molar-refractivity contribution is 5.79. The molecule has 1 saturated carbocycles. The largest absolute Gasteiger partial charge is 0.378 e. The molecule has 1 aliphatic carbocycles. The summed E-state index contributed by atoms with van der Waals surface area (Å²) in [5, 5.41) is 12.5. The number of amides is 1. The van der Waals surface area contributed by atoms with Gasteiger partial charge in [-0.3, -0.25) is 9.69 Å². The minimum atomic E-state index is -0.663. The quantitative estimate of drug-likeness (QED) is 0.922. The Labute approximate surface area is 143 Å². The topological polar surface area (TPSA) is 65.4 Å². The molecule has 1 heterocycles. The smallest absolute Gasteiger partial charge is 0.235 e. The van der Waals surface area contributed by atoms with Crippen LogP contribution in [0.2, 0.25) is 0 Å². The van der Waals surface area contributed by atoms with Gasteiger partial charge in [-0.1, -0.05) is 49.6 Å². The van der Waals surface area contributed by atoms with Gasteiger partial charge in [0.25, 0.3) is 0 Å². The second kappa shape index (κ2) is 7.78. The van der Waals surface area contributed by atoms with Gasteiger partial charge in [0.15, 0.2) is 0 Å². The van der Waals surface area contributed by atoms with Gasteiger partial charge in [0.2, 0.25) is 5.91 Å². The van der Waals surface area contributed by atoms with E-state index in [0.29, 0.717) is 19.8 Å². The Morgan fingerprint density at radius 3 is 2.75 bits per heavy atom. The minimum Gasteiger partial charge on any atom is -0.378 e. The summed E-state index contributed by atoms with van der Waals surface area (Å²) in [4.78, 5) is 14.7. The van der Waals surface area contributed by atoms with Gasteiger partial charge < -0.3 is 10.1 Å². The van der Waals surface area contributed by atoms with Crippen LogP contribution in [0.4, 0.5) is 0 Å². The second-order valence-corrected chi connectivity index (χ2v) is 6.77. The van der Waals surface area contributed by atoms with Gasteiger partial charge >= 0.3 is 0 Å². The van der Waals surface area contributed by atoms with E-state index >= 15 is 0 Å². The van der Waals surface area contributed by atoms with E-state index in [1.54, 1.807) is 0 Å². The molecular formula is C19H25N3O2.